The smallest absolute Gasteiger partial charge is 0.160 e. The Balaban J connectivity index is 2.07. The lowest BCUT2D eigenvalue weighted by Crippen LogP contribution is -2.38. The van der Waals surface area contributed by atoms with E-state index in [4.69, 9.17) is 16.6 Å². The van der Waals surface area contributed by atoms with E-state index in [9.17, 15) is 0 Å². The molecule has 1 saturated heterocycles. The summed E-state index contributed by atoms with van der Waals surface area (Å²) in [5.41, 5.74) is 3.25. The van der Waals surface area contributed by atoms with Crippen LogP contribution in [0.3, 0.4) is 0 Å². The van der Waals surface area contributed by atoms with Gasteiger partial charge >= 0.3 is 0 Å². The maximum atomic E-state index is 5.98. The fourth-order valence-electron chi connectivity index (χ4n) is 3.30. The van der Waals surface area contributed by atoms with Gasteiger partial charge in [-0.15, -0.1) is 11.6 Å². The second-order valence-corrected chi connectivity index (χ2v) is 6.52. The van der Waals surface area contributed by atoms with Crippen LogP contribution in [0.2, 0.25) is 0 Å². The summed E-state index contributed by atoms with van der Waals surface area (Å²) in [5.74, 6) is 1.69. The van der Waals surface area contributed by atoms with Crippen LogP contribution in [-0.4, -0.2) is 44.9 Å². The Labute approximate surface area is 131 Å². The summed E-state index contributed by atoms with van der Waals surface area (Å²) in [6.07, 6.45) is 4.99. The van der Waals surface area contributed by atoms with Crippen LogP contribution in [0, 0.1) is 6.92 Å². The molecule has 4 nitrogen and oxygen atoms in total. The molecule has 1 aliphatic rings. The van der Waals surface area contributed by atoms with Gasteiger partial charge in [-0.25, -0.2) is 9.97 Å². The minimum Gasteiger partial charge on any atom is -0.309 e. The normalized spacial score (nSPS) is 23.8. The molecule has 0 amide bonds. The number of fused-ring (bicyclic) bond motifs is 1. The van der Waals surface area contributed by atoms with E-state index in [-0.39, 0.29) is 0 Å². The zero-order chi connectivity index (χ0) is 15.0. The fraction of sp³-hybridized carbons (Fsp3) is 0.625. The molecule has 0 N–H and O–H groups in total. The van der Waals surface area contributed by atoms with Crippen LogP contribution in [-0.2, 0) is 6.42 Å². The SMILES string of the molecule is Cc1ccnc2c1nc(CCCl)n2C1CCN(C)C(C)C1. The highest BCUT2D eigenvalue weighted by atomic mass is 35.5. The van der Waals surface area contributed by atoms with E-state index < -0.39 is 0 Å². The molecule has 2 unspecified atom stereocenters. The number of halogens is 1. The molecule has 21 heavy (non-hydrogen) atoms. The summed E-state index contributed by atoms with van der Waals surface area (Å²) in [6.45, 7) is 5.52. The maximum absolute atomic E-state index is 5.98. The molecule has 2 aromatic rings. The number of hydrogen-bond acceptors (Lipinski definition) is 3. The molecular weight excluding hydrogens is 284 g/mol. The van der Waals surface area contributed by atoms with Gasteiger partial charge in [0, 0.05) is 37.1 Å². The first kappa shape index (κ1) is 14.8. The van der Waals surface area contributed by atoms with Gasteiger partial charge in [-0.1, -0.05) is 0 Å². The molecule has 1 fully saturated rings. The van der Waals surface area contributed by atoms with E-state index in [2.05, 4.69) is 35.3 Å². The first-order valence-electron chi connectivity index (χ1n) is 7.70. The maximum Gasteiger partial charge on any atom is 0.160 e. The monoisotopic (exact) mass is 306 g/mol. The van der Waals surface area contributed by atoms with Crippen molar-refractivity contribution in [3.8, 4) is 0 Å². The quantitative estimate of drug-likeness (QED) is 0.817. The Morgan fingerprint density at radius 3 is 2.95 bits per heavy atom. The van der Waals surface area contributed by atoms with Crippen molar-refractivity contribution in [2.45, 2.75) is 45.2 Å². The van der Waals surface area contributed by atoms with Gasteiger partial charge in [0.05, 0.1) is 0 Å². The number of aryl methyl sites for hydroxylation is 2. The highest BCUT2D eigenvalue weighted by Crippen LogP contribution is 2.31. The lowest BCUT2D eigenvalue weighted by molar-refractivity contribution is 0.157. The van der Waals surface area contributed by atoms with Gasteiger partial charge in [-0.2, -0.15) is 0 Å². The van der Waals surface area contributed by atoms with Crippen LogP contribution >= 0.6 is 11.6 Å². The largest absolute Gasteiger partial charge is 0.309 e. The van der Waals surface area contributed by atoms with Crippen LogP contribution in [0.5, 0.6) is 0 Å². The Morgan fingerprint density at radius 1 is 1.43 bits per heavy atom. The van der Waals surface area contributed by atoms with Crippen LogP contribution in [0.25, 0.3) is 11.2 Å². The van der Waals surface area contributed by atoms with Crippen molar-refractivity contribution in [1.29, 1.82) is 0 Å². The molecule has 0 aliphatic carbocycles. The molecule has 1 aliphatic heterocycles. The van der Waals surface area contributed by atoms with E-state index in [1.807, 2.05) is 12.3 Å². The van der Waals surface area contributed by atoms with Gasteiger partial charge in [-0.05, 0) is 45.4 Å². The fourth-order valence-corrected chi connectivity index (χ4v) is 3.47. The van der Waals surface area contributed by atoms with E-state index >= 15 is 0 Å². The molecule has 114 valence electrons. The number of aromatic nitrogens is 3. The van der Waals surface area contributed by atoms with Crippen molar-refractivity contribution in [3.63, 3.8) is 0 Å². The number of pyridine rings is 1. The summed E-state index contributed by atoms with van der Waals surface area (Å²) in [5, 5.41) is 0. The summed E-state index contributed by atoms with van der Waals surface area (Å²) in [6, 6.07) is 3.10. The number of piperidine rings is 1. The summed E-state index contributed by atoms with van der Waals surface area (Å²) in [4.78, 5) is 11.9. The van der Waals surface area contributed by atoms with Crippen molar-refractivity contribution < 1.29 is 0 Å². The minimum atomic E-state index is 0.480. The molecule has 0 aromatic carbocycles. The van der Waals surface area contributed by atoms with Crippen LogP contribution in [0.4, 0.5) is 0 Å². The zero-order valence-electron chi connectivity index (χ0n) is 13.0. The van der Waals surface area contributed by atoms with Crippen molar-refractivity contribution in [3.05, 3.63) is 23.7 Å². The average molecular weight is 307 g/mol. The summed E-state index contributed by atoms with van der Waals surface area (Å²) >= 11 is 5.98. The molecule has 5 heteroatoms. The number of hydrogen-bond donors (Lipinski definition) is 0. The number of rotatable bonds is 3. The van der Waals surface area contributed by atoms with Gasteiger partial charge in [0.1, 0.15) is 11.3 Å². The third kappa shape index (κ3) is 2.67. The molecule has 3 heterocycles. The molecule has 2 atom stereocenters. The Morgan fingerprint density at radius 2 is 2.24 bits per heavy atom. The second-order valence-electron chi connectivity index (χ2n) is 6.14. The molecule has 0 radical (unpaired) electrons. The Bertz CT molecular complexity index is 636. The summed E-state index contributed by atoms with van der Waals surface area (Å²) in [7, 11) is 2.20. The average Bonchev–Trinajstić information content (AvgIpc) is 2.82. The second kappa shape index (κ2) is 5.93. The van der Waals surface area contributed by atoms with Crippen molar-refractivity contribution >= 4 is 22.8 Å². The third-order valence-corrected chi connectivity index (χ3v) is 4.91. The molecule has 0 saturated carbocycles. The van der Waals surface area contributed by atoms with Crippen molar-refractivity contribution in [2.24, 2.45) is 0 Å². The van der Waals surface area contributed by atoms with Gasteiger partial charge in [0.25, 0.3) is 0 Å². The zero-order valence-corrected chi connectivity index (χ0v) is 13.8. The molecule has 2 aromatic heterocycles. The highest BCUT2D eigenvalue weighted by Gasteiger charge is 2.27. The number of likely N-dealkylation sites (tertiary alicyclic amines) is 1. The minimum absolute atomic E-state index is 0.480. The topological polar surface area (TPSA) is 34.0 Å². The molecule has 0 spiro atoms. The first-order valence-corrected chi connectivity index (χ1v) is 8.24. The summed E-state index contributed by atoms with van der Waals surface area (Å²) < 4.78 is 2.36. The van der Waals surface area contributed by atoms with E-state index in [0.717, 1.165) is 42.8 Å². The number of alkyl halides is 1. The van der Waals surface area contributed by atoms with E-state index in [0.29, 0.717) is 18.0 Å². The third-order valence-electron chi connectivity index (χ3n) is 4.72. The lowest BCUT2D eigenvalue weighted by atomic mass is 9.98. The molecule has 3 rings (SSSR count). The lowest BCUT2D eigenvalue weighted by Gasteiger charge is -2.36. The Kier molecular flexibility index (Phi) is 4.18. The van der Waals surface area contributed by atoms with Gasteiger partial charge in [0.2, 0.25) is 0 Å². The number of nitrogens with zero attached hydrogens (tertiary/aromatic N) is 4. The highest BCUT2D eigenvalue weighted by molar-refractivity contribution is 6.17. The van der Waals surface area contributed by atoms with E-state index in [1.165, 1.54) is 5.56 Å². The van der Waals surface area contributed by atoms with E-state index in [1.54, 1.807) is 0 Å². The van der Waals surface area contributed by atoms with Gasteiger partial charge in [-0.3, -0.25) is 0 Å². The predicted molar refractivity (Wildman–Crippen MR) is 87.1 cm³/mol. The standard InChI is InChI=1S/C16H23ClN4/c1-11-5-8-18-16-15(11)19-14(4-7-17)21(16)13-6-9-20(3)12(2)10-13/h5,8,12-13H,4,6-7,9-10H2,1-3H3. The van der Waals surface area contributed by atoms with Crippen LogP contribution < -0.4 is 0 Å². The van der Waals surface area contributed by atoms with Gasteiger partial charge in [0.15, 0.2) is 5.65 Å². The molecule has 0 bridgehead atoms. The predicted octanol–water partition coefficient (Wildman–Crippen LogP) is 3.18. The first-order chi connectivity index (χ1) is 10.1. The van der Waals surface area contributed by atoms with Crippen LogP contribution in [0.15, 0.2) is 12.3 Å². The van der Waals surface area contributed by atoms with Crippen molar-refractivity contribution in [1.82, 2.24) is 19.4 Å². The number of imidazole rings is 1. The van der Waals surface area contributed by atoms with Crippen molar-refractivity contribution in [2.75, 3.05) is 19.5 Å². The van der Waals surface area contributed by atoms with Gasteiger partial charge < -0.3 is 9.47 Å². The molecular formula is C16H23ClN4. The Hall–Kier alpha value is -1.13. The van der Waals surface area contributed by atoms with Crippen LogP contribution in [0.1, 0.15) is 37.2 Å².